The maximum absolute atomic E-state index is 10.3. The van der Waals surface area contributed by atoms with E-state index in [1.54, 1.807) is 0 Å². The monoisotopic (exact) mass is 327 g/mol. The first-order valence-corrected chi connectivity index (χ1v) is 8.37. The molecule has 0 bridgehead atoms. The van der Waals surface area contributed by atoms with Crippen LogP contribution in [-0.4, -0.2) is 54.1 Å². The van der Waals surface area contributed by atoms with Gasteiger partial charge < -0.3 is 14.9 Å². The quantitative estimate of drug-likeness (QED) is 0.808. The Morgan fingerprint density at radius 3 is 2.73 bits per heavy atom. The van der Waals surface area contributed by atoms with Crippen molar-refractivity contribution in [1.82, 2.24) is 4.90 Å². The fourth-order valence-electron chi connectivity index (χ4n) is 3.23. The first-order valence-electron chi connectivity index (χ1n) is 7.99. The number of hydrogen-bond acceptors (Lipinski definition) is 4. The van der Waals surface area contributed by atoms with Crippen LogP contribution in [0.5, 0.6) is 5.75 Å². The second-order valence-corrected chi connectivity index (χ2v) is 6.59. The van der Waals surface area contributed by atoms with E-state index in [1.165, 1.54) is 0 Å². The summed E-state index contributed by atoms with van der Waals surface area (Å²) in [6.07, 6.45) is 2.11. The molecule has 1 saturated heterocycles. The molecule has 1 aliphatic rings. The summed E-state index contributed by atoms with van der Waals surface area (Å²) in [5.41, 5.74) is -0.382. The standard InChI is InChI=1S/C17H26ClNO3/c1-2-8-17(13-20)12-19(9-7-16(17)21)10-11-22-15-5-3-14(18)4-6-15/h3-6,16,20-21H,2,7-13H2,1H3/t16-,17+/m1/s1. The summed E-state index contributed by atoms with van der Waals surface area (Å²) < 4.78 is 5.73. The summed E-state index contributed by atoms with van der Waals surface area (Å²) >= 11 is 5.85. The Balaban J connectivity index is 1.84. The largest absolute Gasteiger partial charge is 0.492 e. The average Bonchev–Trinajstić information content (AvgIpc) is 2.52. The molecule has 0 aromatic heterocycles. The maximum atomic E-state index is 10.3. The highest BCUT2D eigenvalue weighted by Gasteiger charge is 2.41. The van der Waals surface area contributed by atoms with E-state index in [0.717, 1.165) is 38.2 Å². The molecule has 2 rings (SSSR count). The van der Waals surface area contributed by atoms with Crippen LogP contribution >= 0.6 is 11.6 Å². The minimum absolute atomic E-state index is 0.0382. The third kappa shape index (κ3) is 4.35. The molecule has 5 heteroatoms. The smallest absolute Gasteiger partial charge is 0.119 e. The molecule has 22 heavy (non-hydrogen) atoms. The minimum Gasteiger partial charge on any atom is -0.492 e. The number of aliphatic hydroxyl groups excluding tert-OH is 2. The number of hydrogen-bond donors (Lipinski definition) is 2. The normalized spacial score (nSPS) is 26.1. The SMILES string of the molecule is CCC[C@@]1(CO)CN(CCOc2ccc(Cl)cc2)CC[C@H]1O. The van der Waals surface area contributed by atoms with Gasteiger partial charge in [-0.05, 0) is 37.1 Å². The molecule has 0 radical (unpaired) electrons. The molecule has 2 atom stereocenters. The number of benzene rings is 1. The molecule has 0 unspecified atom stereocenters. The van der Waals surface area contributed by atoms with Gasteiger partial charge in [0.15, 0.2) is 0 Å². The maximum Gasteiger partial charge on any atom is 0.119 e. The number of aliphatic hydroxyl groups is 2. The van der Waals surface area contributed by atoms with Crippen LogP contribution in [-0.2, 0) is 0 Å². The van der Waals surface area contributed by atoms with Crippen molar-refractivity contribution in [1.29, 1.82) is 0 Å². The lowest BCUT2D eigenvalue weighted by Crippen LogP contribution is -2.54. The van der Waals surface area contributed by atoms with Gasteiger partial charge in [0.25, 0.3) is 0 Å². The Bertz CT molecular complexity index is 454. The molecule has 0 saturated carbocycles. The average molecular weight is 328 g/mol. The van der Waals surface area contributed by atoms with Gasteiger partial charge >= 0.3 is 0 Å². The van der Waals surface area contributed by atoms with Gasteiger partial charge in [0.2, 0.25) is 0 Å². The van der Waals surface area contributed by atoms with Crippen molar-refractivity contribution < 1.29 is 14.9 Å². The molecule has 2 N–H and O–H groups in total. The van der Waals surface area contributed by atoms with E-state index < -0.39 is 6.10 Å². The number of ether oxygens (including phenoxy) is 1. The molecule has 1 aromatic carbocycles. The predicted molar refractivity (Wildman–Crippen MR) is 88.4 cm³/mol. The zero-order valence-corrected chi connectivity index (χ0v) is 13.9. The third-order valence-electron chi connectivity index (χ3n) is 4.52. The van der Waals surface area contributed by atoms with Crippen LogP contribution in [0.4, 0.5) is 0 Å². The molecule has 0 aliphatic carbocycles. The van der Waals surface area contributed by atoms with Gasteiger partial charge in [-0.25, -0.2) is 0 Å². The van der Waals surface area contributed by atoms with E-state index in [0.29, 0.717) is 18.1 Å². The van der Waals surface area contributed by atoms with E-state index in [1.807, 2.05) is 24.3 Å². The van der Waals surface area contributed by atoms with Crippen molar-refractivity contribution in [2.75, 3.05) is 32.8 Å². The van der Waals surface area contributed by atoms with Crippen LogP contribution in [0.1, 0.15) is 26.2 Å². The number of likely N-dealkylation sites (tertiary alicyclic amines) is 1. The summed E-state index contributed by atoms with van der Waals surface area (Å²) in [6, 6.07) is 7.34. The van der Waals surface area contributed by atoms with Gasteiger partial charge in [0, 0.05) is 30.1 Å². The minimum atomic E-state index is -0.411. The van der Waals surface area contributed by atoms with Crippen molar-refractivity contribution in [3.8, 4) is 5.75 Å². The summed E-state index contributed by atoms with van der Waals surface area (Å²) in [5, 5.41) is 20.7. The van der Waals surface area contributed by atoms with Crippen LogP contribution in [0.25, 0.3) is 0 Å². The first-order chi connectivity index (χ1) is 10.6. The predicted octanol–water partition coefficient (Wildman–Crippen LogP) is 2.56. The Hall–Kier alpha value is -0.810. The van der Waals surface area contributed by atoms with Crippen LogP contribution in [0, 0.1) is 5.41 Å². The molecular formula is C17H26ClNO3. The number of rotatable bonds is 7. The van der Waals surface area contributed by atoms with Crippen LogP contribution in [0.2, 0.25) is 5.02 Å². The van der Waals surface area contributed by atoms with E-state index in [9.17, 15) is 10.2 Å². The number of halogens is 1. The molecule has 0 amide bonds. The molecule has 1 heterocycles. The molecule has 0 spiro atoms. The van der Waals surface area contributed by atoms with Crippen molar-refractivity contribution in [3.05, 3.63) is 29.3 Å². The van der Waals surface area contributed by atoms with Crippen molar-refractivity contribution >= 4 is 11.6 Å². The summed E-state index contributed by atoms with van der Waals surface area (Å²) in [6.45, 7) is 5.08. The second-order valence-electron chi connectivity index (χ2n) is 6.15. The second kappa shape index (κ2) is 8.16. The van der Waals surface area contributed by atoms with Crippen molar-refractivity contribution in [2.24, 2.45) is 5.41 Å². The topological polar surface area (TPSA) is 52.9 Å². The molecular weight excluding hydrogens is 302 g/mol. The molecule has 1 aliphatic heterocycles. The van der Waals surface area contributed by atoms with Gasteiger partial charge in [-0.1, -0.05) is 24.9 Å². The highest BCUT2D eigenvalue weighted by atomic mass is 35.5. The van der Waals surface area contributed by atoms with Crippen LogP contribution < -0.4 is 4.74 Å². The van der Waals surface area contributed by atoms with Gasteiger partial charge in [-0.2, -0.15) is 0 Å². The summed E-state index contributed by atoms with van der Waals surface area (Å²) in [5.74, 6) is 0.809. The van der Waals surface area contributed by atoms with E-state index >= 15 is 0 Å². The zero-order valence-electron chi connectivity index (χ0n) is 13.2. The van der Waals surface area contributed by atoms with Gasteiger partial charge in [0.05, 0.1) is 12.7 Å². The summed E-state index contributed by atoms with van der Waals surface area (Å²) in [4.78, 5) is 2.27. The molecule has 1 aromatic rings. The Morgan fingerprint density at radius 1 is 1.36 bits per heavy atom. The van der Waals surface area contributed by atoms with Crippen LogP contribution in [0.15, 0.2) is 24.3 Å². The number of piperidine rings is 1. The van der Waals surface area contributed by atoms with Gasteiger partial charge in [-0.3, -0.25) is 4.90 Å². The molecule has 4 nitrogen and oxygen atoms in total. The lowest BCUT2D eigenvalue weighted by molar-refractivity contribution is -0.0814. The van der Waals surface area contributed by atoms with Crippen LogP contribution in [0.3, 0.4) is 0 Å². The van der Waals surface area contributed by atoms with Gasteiger partial charge in [0.1, 0.15) is 12.4 Å². The fraction of sp³-hybridized carbons (Fsp3) is 0.647. The van der Waals surface area contributed by atoms with E-state index in [4.69, 9.17) is 16.3 Å². The molecule has 1 fully saturated rings. The fourth-order valence-corrected chi connectivity index (χ4v) is 3.36. The number of nitrogens with zero attached hydrogens (tertiary/aromatic N) is 1. The van der Waals surface area contributed by atoms with Crippen molar-refractivity contribution in [3.63, 3.8) is 0 Å². The zero-order chi connectivity index (χ0) is 16.0. The van der Waals surface area contributed by atoms with Gasteiger partial charge in [-0.15, -0.1) is 0 Å². The first kappa shape index (κ1) is 17.5. The van der Waals surface area contributed by atoms with E-state index in [2.05, 4.69) is 11.8 Å². The third-order valence-corrected chi connectivity index (χ3v) is 4.77. The highest BCUT2D eigenvalue weighted by Crippen LogP contribution is 2.34. The summed E-state index contributed by atoms with van der Waals surface area (Å²) in [7, 11) is 0. The highest BCUT2D eigenvalue weighted by molar-refractivity contribution is 6.30. The Morgan fingerprint density at radius 2 is 2.09 bits per heavy atom. The lowest BCUT2D eigenvalue weighted by atomic mass is 9.74. The molecule has 124 valence electrons. The van der Waals surface area contributed by atoms with Crippen molar-refractivity contribution in [2.45, 2.75) is 32.3 Å². The lowest BCUT2D eigenvalue weighted by Gasteiger charge is -2.45. The Kier molecular flexibility index (Phi) is 6.50. The van der Waals surface area contributed by atoms with E-state index in [-0.39, 0.29) is 12.0 Å². The Labute approximate surface area is 137 Å².